The predicted molar refractivity (Wildman–Crippen MR) is 111 cm³/mol. The van der Waals surface area contributed by atoms with Gasteiger partial charge in [0.05, 0.1) is 13.3 Å². The third kappa shape index (κ3) is 4.18. The van der Waals surface area contributed by atoms with E-state index in [1.807, 2.05) is 0 Å². The maximum Gasteiger partial charge on any atom is 0.281 e. The van der Waals surface area contributed by atoms with Gasteiger partial charge in [-0.25, -0.2) is 9.37 Å². The molecule has 4 aromatic rings. The van der Waals surface area contributed by atoms with Gasteiger partial charge in [0.15, 0.2) is 10.7 Å². The summed E-state index contributed by atoms with van der Waals surface area (Å²) in [5.41, 5.74) is 1.63. The molecule has 0 aliphatic carbocycles. The van der Waals surface area contributed by atoms with E-state index in [4.69, 9.17) is 4.74 Å². The van der Waals surface area contributed by atoms with Crippen molar-refractivity contribution in [2.24, 2.45) is 0 Å². The smallest absolute Gasteiger partial charge is 0.281 e. The van der Waals surface area contributed by atoms with Gasteiger partial charge in [-0.3, -0.25) is 4.72 Å². The van der Waals surface area contributed by atoms with Crippen LogP contribution in [0, 0.1) is 5.82 Å². The van der Waals surface area contributed by atoms with Crippen molar-refractivity contribution in [3.63, 3.8) is 0 Å². The van der Waals surface area contributed by atoms with E-state index in [1.54, 1.807) is 48.5 Å². The number of imidazole rings is 1. The van der Waals surface area contributed by atoms with Crippen molar-refractivity contribution in [2.75, 3.05) is 17.1 Å². The summed E-state index contributed by atoms with van der Waals surface area (Å²) in [7, 11) is -2.39. The van der Waals surface area contributed by atoms with E-state index >= 15 is 0 Å². The average molecular weight is 427 g/mol. The standard InChI is InChI=1S/C20H18FN5O3S/c1-29-17-8-6-16(7-9-17)25-30(27,28)20-13-23-19-11-10-18(24-26(19)20)22-12-14-2-4-15(21)5-3-14/h2-11,13,25H,12H2,1H3,(H,22,24). The molecule has 2 heterocycles. The molecular weight excluding hydrogens is 409 g/mol. The Balaban J connectivity index is 1.57. The molecule has 0 radical (unpaired) electrons. The summed E-state index contributed by atoms with van der Waals surface area (Å²) in [5, 5.41) is 7.33. The van der Waals surface area contributed by atoms with Gasteiger partial charge >= 0.3 is 0 Å². The maximum absolute atomic E-state index is 13.0. The summed E-state index contributed by atoms with van der Waals surface area (Å²) >= 11 is 0. The molecule has 0 bridgehead atoms. The van der Waals surface area contributed by atoms with Crippen LogP contribution in [0.1, 0.15) is 5.56 Å². The number of sulfonamides is 1. The lowest BCUT2D eigenvalue weighted by Crippen LogP contribution is -2.16. The third-order valence-corrected chi connectivity index (χ3v) is 5.67. The zero-order valence-electron chi connectivity index (χ0n) is 15.9. The number of fused-ring (bicyclic) bond motifs is 1. The highest BCUT2D eigenvalue weighted by atomic mass is 32.2. The second-order valence-electron chi connectivity index (χ2n) is 6.40. The molecule has 0 aliphatic rings. The highest BCUT2D eigenvalue weighted by Gasteiger charge is 2.21. The Hall–Kier alpha value is -3.66. The molecule has 0 atom stereocenters. The van der Waals surface area contributed by atoms with Gasteiger partial charge in [0.2, 0.25) is 0 Å². The van der Waals surface area contributed by atoms with Crippen LogP contribution in [0.2, 0.25) is 0 Å². The van der Waals surface area contributed by atoms with E-state index < -0.39 is 10.0 Å². The van der Waals surface area contributed by atoms with Gasteiger partial charge in [-0.1, -0.05) is 12.1 Å². The Bertz CT molecular complexity index is 1270. The minimum absolute atomic E-state index is 0.0984. The van der Waals surface area contributed by atoms with Crippen LogP contribution >= 0.6 is 0 Å². The lowest BCUT2D eigenvalue weighted by atomic mass is 10.2. The molecule has 0 unspecified atom stereocenters. The third-order valence-electron chi connectivity index (χ3n) is 4.34. The quantitative estimate of drug-likeness (QED) is 0.470. The molecule has 8 nitrogen and oxygen atoms in total. The van der Waals surface area contributed by atoms with Crippen LogP contribution in [0.25, 0.3) is 5.65 Å². The fourth-order valence-corrected chi connectivity index (χ4v) is 3.90. The van der Waals surface area contributed by atoms with Crippen LogP contribution in [0.15, 0.2) is 71.9 Å². The maximum atomic E-state index is 13.0. The van der Waals surface area contributed by atoms with Crippen molar-refractivity contribution in [1.29, 1.82) is 0 Å². The molecule has 154 valence electrons. The lowest BCUT2D eigenvalue weighted by molar-refractivity contribution is 0.415. The van der Waals surface area contributed by atoms with Crippen molar-refractivity contribution in [2.45, 2.75) is 11.6 Å². The first kappa shape index (κ1) is 19.6. The molecule has 4 rings (SSSR count). The van der Waals surface area contributed by atoms with Gasteiger partial charge in [0.25, 0.3) is 10.0 Å². The Morgan fingerprint density at radius 1 is 1.03 bits per heavy atom. The molecule has 0 spiro atoms. The van der Waals surface area contributed by atoms with E-state index in [0.29, 0.717) is 29.4 Å². The first-order valence-electron chi connectivity index (χ1n) is 8.94. The zero-order chi connectivity index (χ0) is 21.1. The molecule has 2 aromatic heterocycles. The van der Waals surface area contributed by atoms with E-state index in [9.17, 15) is 12.8 Å². The van der Waals surface area contributed by atoms with E-state index in [-0.39, 0.29) is 10.8 Å². The molecular formula is C20H18FN5O3S. The molecule has 0 fully saturated rings. The Kier molecular flexibility index (Phi) is 5.23. The monoisotopic (exact) mass is 427 g/mol. The number of hydrogen-bond acceptors (Lipinski definition) is 6. The predicted octanol–water partition coefficient (Wildman–Crippen LogP) is 3.29. The molecule has 30 heavy (non-hydrogen) atoms. The first-order valence-corrected chi connectivity index (χ1v) is 10.4. The zero-order valence-corrected chi connectivity index (χ0v) is 16.7. The number of benzene rings is 2. The van der Waals surface area contributed by atoms with Crippen LogP contribution in [0.5, 0.6) is 5.75 Å². The van der Waals surface area contributed by atoms with Crippen molar-refractivity contribution in [3.05, 3.63) is 78.2 Å². The molecule has 0 saturated heterocycles. The molecule has 2 aromatic carbocycles. The van der Waals surface area contributed by atoms with Crippen LogP contribution in [-0.4, -0.2) is 30.1 Å². The number of anilines is 2. The minimum atomic E-state index is -3.93. The topological polar surface area (TPSA) is 97.6 Å². The van der Waals surface area contributed by atoms with Crippen molar-refractivity contribution >= 4 is 27.2 Å². The van der Waals surface area contributed by atoms with E-state index in [0.717, 1.165) is 5.56 Å². The van der Waals surface area contributed by atoms with Gasteiger partial charge in [-0.15, -0.1) is 5.10 Å². The van der Waals surface area contributed by atoms with Gasteiger partial charge < -0.3 is 10.1 Å². The molecule has 0 saturated carbocycles. The summed E-state index contributed by atoms with van der Waals surface area (Å²) in [6, 6.07) is 15.9. The number of nitrogens with one attached hydrogen (secondary N) is 2. The van der Waals surface area contributed by atoms with E-state index in [2.05, 4.69) is 20.1 Å². The van der Waals surface area contributed by atoms with Gasteiger partial charge in [0, 0.05) is 12.2 Å². The number of hydrogen-bond donors (Lipinski definition) is 2. The highest BCUT2D eigenvalue weighted by molar-refractivity contribution is 7.92. The van der Waals surface area contributed by atoms with Crippen LogP contribution < -0.4 is 14.8 Å². The summed E-state index contributed by atoms with van der Waals surface area (Å²) in [6.45, 7) is 0.402. The number of methoxy groups -OCH3 is 1. The fourth-order valence-electron chi connectivity index (χ4n) is 2.79. The van der Waals surface area contributed by atoms with Crippen molar-refractivity contribution in [3.8, 4) is 5.75 Å². The van der Waals surface area contributed by atoms with Crippen LogP contribution in [0.3, 0.4) is 0 Å². The number of aromatic nitrogens is 3. The second-order valence-corrected chi connectivity index (χ2v) is 8.03. The van der Waals surface area contributed by atoms with Crippen LogP contribution in [-0.2, 0) is 16.6 Å². The van der Waals surface area contributed by atoms with Crippen molar-refractivity contribution in [1.82, 2.24) is 14.6 Å². The largest absolute Gasteiger partial charge is 0.497 e. The van der Waals surface area contributed by atoms with Crippen molar-refractivity contribution < 1.29 is 17.5 Å². The van der Waals surface area contributed by atoms with Gasteiger partial charge in [-0.05, 0) is 54.1 Å². The second kappa shape index (κ2) is 7.99. The SMILES string of the molecule is COc1ccc(NS(=O)(=O)c2cnc3ccc(NCc4ccc(F)cc4)nn23)cc1. The summed E-state index contributed by atoms with van der Waals surface area (Å²) < 4.78 is 47.6. The Labute approximate surface area is 172 Å². The first-order chi connectivity index (χ1) is 14.4. The molecule has 0 aliphatic heterocycles. The minimum Gasteiger partial charge on any atom is -0.497 e. The summed E-state index contributed by atoms with van der Waals surface area (Å²) in [6.07, 6.45) is 1.25. The fraction of sp³-hybridized carbons (Fsp3) is 0.100. The number of ether oxygens (including phenoxy) is 1. The number of rotatable bonds is 7. The Morgan fingerprint density at radius 3 is 2.47 bits per heavy atom. The Morgan fingerprint density at radius 2 is 1.77 bits per heavy atom. The average Bonchev–Trinajstić information content (AvgIpc) is 3.18. The summed E-state index contributed by atoms with van der Waals surface area (Å²) in [4.78, 5) is 4.11. The number of halogens is 1. The molecule has 10 heteroatoms. The number of nitrogens with zero attached hydrogens (tertiary/aromatic N) is 3. The highest BCUT2D eigenvalue weighted by Crippen LogP contribution is 2.20. The summed E-state index contributed by atoms with van der Waals surface area (Å²) in [5.74, 6) is 0.757. The van der Waals surface area contributed by atoms with Gasteiger partial charge in [0.1, 0.15) is 17.4 Å². The normalized spacial score (nSPS) is 11.4. The molecule has 0 amide bonds. The van der Waals surface area contributed by atoms with E-state index in [1.165, 1.54) is 30.0 Å². The van der Waals surface area contributed by atoms with Crippen LogP contribution in [0.4, 0.5) is 15.9 Å². The van der Waals surface area contributed by atoms with Gasteiger partial charge in [-0.2, -0.15) is 12.9 Å². The lowest BCUT2D eigenvalue weighted by Gasteiger charge is -2.09. The molecule has 2 N–H and O–H groups in total.